The molecule has 0 radical (unpaired) electrons. The van der Waals surface area contributed by atoms with Gasteiger partial charge in [-0.2, -0.15) is 0 Å². The van der Waals surface area contributed by atoms with E-state index in [1.54, 1.807) is 0 Å². The first-order valence-electron chi connectivity index (χ1n) is 8.46. The highest BCUT2D eigenvalue weighted by molar-refractivity contribution is 8.14. The van der Waals surface area contributed by atoms with Crippen molar-refractivity contribution in [1.82, 2.24) is 10.2 Å². The van der Waals surface area contributed by atoms with Gasteiger partial charge in [0.1, 0.15) is 4.88 Å². The molecule has 1 aromatic rings. The minimum atomic E-state index is -0.492. The maximum Gasteiger partial charge on any atom is 0.348 e. The minimum Gasteiger partial charge on any atom is -0.451 e. The van der Waals surface area contributed by atoms with E-state index in [9.17, 15) is 19.2 Å². The molecule has 1 N–H and O–H groups in total. The number of thioether (sulfide) groups is 1. The van der Waals surface area contributed by atoms with Crippen molar-refractivity contribution in [3.8, 4) is 0 Å². The van der Waals surface area contributed by atoms with Crippen LogP contribution in [-0.4, -0.2) is 53.4 Å². The van der Waals surface area contributed by atoms with Gasteiger partial charge in [0.25, 0.3) is 11.1 Å². The van der Waals surface area contributed by atoms with E-state index in [0.29, 0.717) is 10.8 Å². The maximum atomic E-state index is 12.1. The number of esters is 1. The lowest BCUT2D eigenvalue weighted by Gasteiger charge is -2.16. The summed E-state index contributed by atoms with van der Waals surface area (Å²) in [4.78, 5) is 49.6. The molecule has 3 amide bonds. The van der Waals surface area contributed by atoms with Crippen LogP contribution in [0.25, 0.3) is 0 Å². The van der Waals surface area contributed by atoms with Crippen molar-refractivity contribution < 1.29 is 23.9 Å². The molecule has 1 atom stereocenters. The number of hydrogen-bond acceptors (Lipinski definition) is 7. The second kappa shape index (κ2) is 8.22. The van der Waals surface area contributed by atoms with E-state index in [-0.39, 0.29) is 36.6 Å². The molecule has 3 rings (SSSR count). The summed E-state index contributed by atoms with van der Waals surface area (Å²) in [5.74, 6) is -0.432. The minimum absolute atomic E-state index is 0.125. The molecule has 0 saturated carbocycles. The SMILES string of the molecule is CC1CCc2sc(C(=O)OCC(=O)NCCN3C(=O)CSC3=O)cc2C1. The summed E-state index contributed by atoms with van der Waals surface area (Å²) in [6, 6.07) is 1.87. The van der Waals surface area contributed by atoms with E-state index in [2.05, 4.69) is 12.2 Å². The van der Waals surface area contributed by atoms with Crippen LogP contribution in [-0.2, 0) is 27.2 Å². The van der Waals surface area contributed by atoms with Crippen LogP contribution in [0.1, 0.15) is 33.5 Å². The van der Waals surface area contributed by atoms with Gasteiger partial charge in [0.05, 0.1) is 5.75 Å². The Morgan fingerprint density at radius 2 is 2.19 bits per heavy atom. The third-order valence-electron chi connectivity index (χ3n) is 4.36. The average molecular weight is 396 g/mol. The van der Waals surface area contributed by atoms with Gasteiger partial charge in [-0.05, 0) is 36.8 Å². The van der Waals surface area contributed by atoms with Gasteiger partial charge in [0.2, 0.25) is 5.91 Å². The van der Waals surface area contributed by atoms with Gasteiger partial charge in [-0.15, -0.1) is 11.3 Å². The molecule has 1 aliphatic carbocycles. The normalized spacial score (nSPS) is 19.4. The Morgan fingerprint density at radius 3 is 2.92 bits per heavy atom. The summed E-state index contributed by atoms with van der Waals surface area (Å²) in [5.41, 5.74) is 1.21. The Hall–Kier alpha value is -1.87. The molecular formula is C17H20N2O5S2. The summed E-state index contributed by atoms with van der Waals surface area (Å²) in [7, 11) is 0. The number of carbonyl (C=O) groups excluding carboxylic acids is 4. The van der Waals surface area contributed by atoms with E-state index in [1.165, 1.54) is 21.8 Å². The molecule has 7 nitrogen and oxygen atoms in total. The van der Waals surface area contributed by atoms with Gasteiger partial charge in [0, 0.05) is 18.0 Å². The predicted molar refractivity (Wildman–Crippen MR) is 98.4 cm³/mol. The Labute approximate surface area is 159 Å². The van der Waals surface area contributed by atoms with Crippen LogP contribution < -0.4 is 5.32 Å². The third kappa shape index (κ3) is 4.45. The second-order valence-corrected chi connectivity index (χ2v) is 8.50. The van der Waals surface area contributed by atoms with Crippen LogP contribution in [0.3, 0.4) is 0 Å². The number of fused-ring (bicyclic) bond motifs is 1. The first-order chi connectivity index (χ1) is 12.4. The highest BCUT2D eigenvalue weighted by Gasteiger charge is 2.29. The van der Waals surface area contributed by atoms with Crippen LogP contribution >= 0.6 is 23.1 Å². The Balaban J connectivity index is 1.41. The van der Waals surface area contributed by atoms with E-state index < -0.39 is 11.9 Å². The Bertz CT molecular complexity index is 730. The van der Waals surface area contributed by atoms with Crippen molar-refractivity contribution in [1.29, 1.82) is 0 Å². The molecule has 1 aliphatic heterocycles. The number of hydrogen-bond donors (Lipinski definition) is 1. The molecule has 0 bridgehead atoms. The number of rotatable bonds is 6. The lowest BCUT2D eigenvalue weighted by atomic mass is 9.90. The Kier molecular flexibility index (Phi) is 5.98. The summed E-state index contributed by atoms with van der Waals surface area (Å²) >= 11 is 2.39. The standard InChI is InChI=1S/C17H20N2O5S2/c1-10-2-3-12-11(6-10)7-13(26-12)16(22)24-8-14(20)18-4-5-19-15(21)9-25-17(19)23/h7,10H,2-6,8-9H2,1H3,(H,18,20). The number of nitrogens with one attached hydrogen (secondary N) is 1. The number of imide groups is 1. The van der Waals surface area contributed by atoms with Crippen LogP contribution in [0.2, 0.25) is 0 Å². The first kappa shape index (κ1) is 18.9. The number of ether oxygens (including phenoxy) is 1. The van der Waals surface area contributed by atoms with Crippen LogP contribution in [0.5, 0.6) is 0 Å². The van der Waals surface area contributed by atoms with Crippen molar-refractivity contribution >= 4 is 46.1 Å². The summed E-state index contributed by atoms with van der Waals surface area (Å²) in [6.07, 6.45) is 3.10. The number of nitrogens with zero attached hydrogens (tertiary/aromatic N) is 1. The number of amides is 3. The van der Waals surface area contributed by atoms with Gasteiger partial charge in [-0.3, -0.25) is 19.3 Å². The van der Waals surface area contributed by atoms with E-state index >= 15 is 0 Å². The van der Waals surface area contributed by atoms with E-state index in [0.717, 1.165) is 35.9 Å². The van der Waals surface area contributed by atoms with Crippen molar-refractivity contribution in [3.63, 3.8) is 0 Å². The van der Waals surface area contributed by atoms with Gasteiger partial charge in [0.15, 0.2) is 6.61 Å². The molecule has 1 saturated heterocycles. The maximum absolute atomic E-state index is 12.1. The van der Waals surface area contributed by atoms with E-state index in [1.807, 2.05) is 6.07 Å². The van der Waals surface area contributed by atoms with Gasteiger partial charge in [-0.1, -0.05) is 18.7 Å². The van der Waals surface area contributed by atoms with Gasteiger partial charge >= 0.3 is 5.97 Å². The number of thiophene rings is 1. The molecule has 2 heterocycles. The molecule has 1 aromatic heterocycles. The zero-order chi connectivity index (χ0) is 18.7. The molecular weight excluding hydrogens is 376 g/mol. The first-order valence-corrected chi connectivity index (χ1v) is 10.3. The molecule has 1 fully saturated rings. The van der Waals surface area contributed by atoms with E-state index in [4.69, 9.17) is 4.74 Å². The smallest absolute Gasteiger partial charge is 0.348 e. The molecule has 2 aliphatic rings. The molecule has 140 valence electrons. The third-order valence-corrected chi connectivity index (χ3v) is 6.44. The second-order valence-electron chi connectivity index (χ2n) is 6.43. The fourth-order valence-corrected chi connectivity index (χ4v) is 4.82. The number of carbonyl (C=O) groups is 4. The fourth-order valence-electron chi connectivity index (χ4n) is 2.96. The molecule has 1 unspecified atom stereocenters. The highest BCUT2D eigenvalue weighted by atomic mass is 32.2. The van der Waals surface area contributed by atoms with Crippen LogP contribution in [0, 0.1) is 5.92 Å². The van der Waals surface area contributed by atoms with Gasteiger partial charge < -0.3 is 10.1 Å². The molecule has 0 aromatic carbocycles. The lowest BCUT2D eigenvalue weighted by molar-refractivity contribution is -0.126. The lowest BCUT2D eigenvalue weighted by Crippen LogP contribution is -2.38. The zero-order valence-corrected chi connectivity index (χ0v) is 16.0. The zero-order valence-electron chi connectivity index (χ0n) is 14.4. The van der Waals surface area contributed by atoms with Crippen LogP contribution in [0.15, 0.2) is 6.07 Å². The predicted octanol–water partition coefficient (Wildman–Crippen LogP) is 1.84. The molecule has 26 heavy (non-hydrogen) atoms. The fraction of sp³-hybridized carbons (Fsp3) is 0.529. The largest absolute Gasteiger partial charge is 0.451 e. The summed E-state index contributed by atoms with van der Waals surface area (Å²) < 4.78 is 5.07. The monoisotopic (exact) mass is 396 g/mol. The van der Waals surface area contributed by atoms with Crippen molar-refractivity contribution in [2.75, 3.05) is 25.4 Å². The van der Waals surface area contributed by atoms with Crippen LogP contribution in [0.4, 0.5) is 4.79 Å². The Morgan fingerprint density at radius 1 is 1.38 bits per heavy atom. The van der Waals surface area contributed by atoms with Crippen molar-refractivity contribution in [2.24, 2.45) is 5.92 Å². The van der Waals surface area contributed by atoms with Gasteiger partial charge in [-0.25, -0.2) is 4.79 Å². The molecule has 0 spiro atoms. The topological polar surface area (TPSA) is 92.8 Å². The van der Waals surface area contributed by atoms with Crippen molar-refractivity contribution in [3.05, 3.63) is 21.4 Å². The van der Waals surface area contributed by atoms with Crippen molar-refractivity contribution in [2.45, 2.75) is 26.2 Å². The highest BCUT2D eigenvalue weighted by Crippen LogP contribution is 2.32. The quantitative estimate of drug-likeness (QED) is 0.738. The number of aryl methyl sites for hydroxylation is 1. The summed E-state index contributed by atoms with van der Waals surface area (Å²) in [5, 5.41) is 2.24. The summed E-state index contributed by atoms with van der Waals surface area (Å²) in [6.45, 7) is 2.08. The molecule has 9 heteroatoms. The average Bonchev–Trinajstić information content (AvgIpc) is 3.17.